The van der Waals surface area contributed by atoms with Gasteiger partial charge in [-0.15, -0.1) is 0 Å². The van der Waals surface area contributed by atoms with Gasteiger partial charge in [-0.3, -0.25) is 14.5 Å². The van der Waals surface area contributed by atoms with Crippen molar-refractivity contribution in [2.75, 3.05) is 7.05 Å². The zero-order chi connectivity index (χ0) is 12.4. The maximum absolute atomic E-state index is 12.1. The van der Waals surface area contributed by atoms with Gasteiger partial charge in [-0.05, 0) is 17.7 Å². The van der Waals surface area contributed by atoms with Crippen molar-refractivity contribution in [3.05, 3.63) is 30.2 Å². The fourth-order valence-corrected chi connectivity index (χ4v) is 3.24. The van der Waals surface area contributed by atoms with Crippen LogP contribution in [0, 0.1) is 11.8 Å². The number of rotatable bonds is 1. The number of fused-ring (bicyclic) bond motifs is 5. The van der Waals surface area contributed by atoms with Gasteiger partial charge in [0.05, 0.1) is 36.6 Å². The number of carbonyl (C=O) groups excluding carboxylic acids is 2. The van der Waals surface area contributed by atoms with E-state index < -0.39 is 0 Å². The molecule has 92 valence electrons. The van der Waals surface area contributed by atoms with Crippen molar-refractivity contribution < 1.29 is 18.7 Å². The molecule has 2 bridgehead atoms. The number of ether oxygens (including phenoxy) is 1. The third-order valence-electron chi connectivity index (χ3n) is 4.11. The van der Waals surface area contributed by atoms with Crippen LogP contribution in [0.3, 0.4) is 0 Å². The molecule has 4 rings (SSSR count). The molecule has 1 aromatic rings. The molecule has 5 heteroatoms. The fraction of sp³-hybridized carbons (Fsp3) is 0.385. The average Bonchev–Trinajstić information content (AvgIpc) is 3.09. The summed E-state index contributed by atoms with van der Waals surface area (Å²) >= 11 is 0. The molecule has 2 amide bonds. The van der Waals surface area contributed by atoms with Crippen molar-refractivity contribution in [1.29, 1.82) is 0 Å². The molecule has 5 nitrogen and oxygen atoms in total. The van der Waals surface area contributed by atoms with Crippen LogP contribution in [-0.4, -0.2) is 36.0 Å². The third kappa shape index (κ3) is 1.01. The van der Waals surface area contributed by atoms with E-state index in [4.69, 9.17) is 9.15 Å². The monoisotopic (exact) mass is 245 g/mol. The molecule has 18 heavy (non-hydrogen) atoms. The summed E-state index contributed by atoms with van der Waals surface area (Å²) in [5.74, 6) is -0.947. The summed E-state index contributed by atoms with van der Waals surface area (Å²) in [7, 11) is 1.54. The van der Waals surface area contributed by atoms with Gasteiger partial charge in [0, 0.05) is 12.6 Å². The number of likely N-dealkylation sites (tertiary alicyclic amines) is 1. The zero-order valence-electron chi connectivity index (χ0n) is 9.70. The number of hydrogen-bond donors (Lipinski definition) is 0. The normalized spacial score (nSPS) is 37.4. The van der Waals surface area contributed by atoms with Crippen molar-refractivity contribution in [1.82, 2.24) is 4.90 Å². The van der Waals surface area contributed by atoms with Gasteiger partial charge < -0.3 is 9.15 Å². The standard InChI is InChI=1S/C13H11NO4/c1-14-12(15)9-8-4-7(6-2-3-17-5-6)11(18-8)10(9)13(14)16/h2-5,8-11H,1H3/t8-,9-,10-,11+/m1/s1. The Hall–Kier alpha value is -1.88. The van der Waals surface area contributed by atoms with Gasteiger partial charge in [0.1, 0.15) is 0 Å². The lowest BCUT2D eigenvalue weighted by Crippen LogP contribution is -2.30. The topological polar surface area (TPSA) is 59.8 Å². The molecule has 0 aliphatic carbocycles. The minimum absolute atomic E-state index is 0.125. The highest BCUT2D eigenvalue weighted by atomic mass is 16.5. The first-order chi connectivity index (χ1) is 8.68. The predicted octanol–water partition coefficient (Wildman–Crippen LogP) is 0.675. The number of hydrogen-bond acceptors (Lipinski definition) is 4. The molecule has 2 saturated heterocycles. The van der Waals surface area contributed by atoms with E-state index in [0.29, 0.717) is 0 Å². The van der Waals surface area contributed by atoms with Gasteiger partial charge in [-0.1, -0.05) is 0 Å². The molecule has 3 aliphatic heterocycles. The SMILES string of the molecule is CN1C(=O)[C@@H]2[C@H](C1=O)[C@H]1C=C(c3ccoc3)[C@@H]2O1. The van der Waals surface area contributed by atoms with Crippen molar-refractivity contribution in [3.63, 3.8) is 0 Å². The molecular formula is C13H11NO4. The Bertz CT molecular complexity index is 574. The van der Waals surface area contributed by atoms with Gasteiger partial charge in [-0.2, -0.15) is 0 Å². The molecule has 0 aromatic carbocycles. The van der Waals surface area contributed by atoms with Crippen LogP contribution >= 0.6 is 0 Å². The molecule has 4 heterocycles. The van der Waals surface area contributed by atoms with Crippen LogP contribution in [-0.2, 0) is 14.3 Å². The Labute approximate surface area is 103 Å². The van der Waals surface area contributed by atoms with Crippen molar-refractivity contribution in [3.8, 4) is 0 Å². The molecule has 0 saturated carbocycles. The van der Waals surface area contributed by atoms with E-state index in [2.05, 4.69) is 0 Å². The molecule has 2 fully saturated rings. The van der Waals surface area contributed by atoms with Gasteiger partial charge in [0.2, 0.25) is 11.8 Å². The van der Waals surface area contributed by atoms with E-state index in [1.54, 1.807) is 19.6 Å². The van der Waals surface area contributed by atoms with Gasteiger partial charge in [0.15, 0.2) is 0 Å². The van der Waals surface area contributed by atoms with E-state index in [9.17, 15) is 9.59 Å². The van der Waals surface area contributed by atoms with Crippen LogP contribution in [0.1, 0.15) is 5.56 Å². The molecular weight excluding hydrogens is 234 g/mol. The van der Waals surface area contributed by atoms with Crippen LogP contribution < -0.4 is 0 Å². The van der Waals surface area contributed by atoms with Crippen LogP contribution in [0.4, 0.5) is 0 Å². The van der Waals surface area contributed by atoms with Crippen LogP contribution in [0.5, 0.6) is 0 Å². The van der Waals surface area contributed by atoms with E-state index in [1.807, 2.05) is 12.1 Å². The molecule has 0 N–H and O–H groups in total. The second-order valence-electron chi connectivity index (χ2n) is 4.94. The number of nitrogens with zero attached hydrogens (tertiary/aromatic N) is 1. The minimum Gasteiger partial charge on any atom is -0.472 e. The van der Waals surface area contributed by atoms with Crippen molar-refractivity contribution in [2.24, 2.45) is 11.8 Å². The Morgan fingerprint density at radius 3 is 2.72 bits per heavy atom. The van der Waals surface area contributed by atoms with Crippen molar-refractivity contribution in [2.45, 2.75) is 12.2 Å². The maximum atomic E-state index is 12.1. The van der Waals surface area contributed by atoms with Gasteiger partial charge in [0.25, 0.3) is 0 Å². The van der Waals surface area contributed by atoms with E-state index in [0.717, 1.165) is 11.1 Å². The highest BCUT2D eigenvalue weighted by Crippen LogP contribution is 2.50. The molecule has 3 aliphatic rings. The lowest BCUT2D eigenvalue weighted by atomic mass is 9.80. The fourth-order valence-electron chi connectivity index (χ4n) is 3.24. The summed E-state index contributed by atoms with van der Waals surface area (Å²) in [6.45, 7) is 0. The Kier molecular flexibility index (Phi) is 1.74. The molecule has 4 atom stereocenters. The largest absolute Gasteiger partial charge is 0.472 e. The maximum Gasteiger partial charge on any atom is 0.235 e. The molecule has 1 aromatic heterocycles. The summed E-state index contributed by atoms with van der Waals surface area (Å²) in [6.07, 6.45) is 4.59. The average molecular weight is 245 g/mol. The zero-order valence-corrected chi connectivity index (χ0v) is 9.70. The number of carbonyl (C=O) groups is 2. The first-order valence-electron chi connectivity index (χ1n) is 5.89. The summed E-state index contributed by atoms with van der Waals surface area (Å²) in [6, 6.07) is 1.84. The van der Waals surface area contributed by atoms with Crippen molar-refractivity contribution >= 4 is 17.4 Å². The smallest absolute Gasteiger partial charge is 0.235 e. The van der Waals surface area contributed by atoms with E-state index in [-0.39, 0.29) is 35.9 Å². The highest BCUT2D eigenvalue weighted by molar-refractivity contribution is 6.07. The Morgan fingerprint density at radius 2 is 2.00 bits per heavy atom. The lowest BCUT2D eigenvalue weighted by molar-refractivity contribution is -0.140. The molecule has 0 spiro atoms. The first-order valence-corrected chi connectivity index (χ1v) is 5.89. The minimum atomic E-state index is -0.359. The van der Waals surface area contributed by atoms with Crippen LogP contribution in [0.2, 0.25) is 0 Å². The number of amides is 2. The Morgan fingerprint density at radius 1 is 1.22 bits per heavy atom. The van der Waals surface area contributed by atoms with Crippen LogP contribution in [0.25, 0.3) is 5.57 Å². The number of imide groups is 1. The second kappa shape index (κ2) is 3.11. The lowest BCUT2D eigenvalue weighted by Gasteiger charge is -2.17. The second-order valence-corrected chi connectivity index (χ2v) is 4.94. The van der Waals surface area contributed by atoms with Gasteiger partial charge in [-0.25, -0.2) is 0 Å². The highest BCUT2D eigenvalue weighted by Gasteiger charge is 2.62. The summed E-state index contributed by atoms with van der Waals surface area (Å²) in [5, 5.41) is 0. The predicted molar refractivity (Wildman–Crippen MR) is 60.1 cm³/mol. The number of furan rings is 1. The molecule has 0 unspecified atom stereocenters. The Balaban J connectivity index is 1.78. The van der Waals surface area contributed by atoms with Gasteiger partial charge >= 0.3 is 0 Å². The summed E-state index contributed by atoms with van der Waals surface area (Å²) in [5.41, 5.74) is 1.89. The van der Waals surface area contributed by atoms with E-state index in [1.165, 1.54) is 4.90 Å². The summed E-state index contributed by atoms with van der Waals surface area (Å²) in [4.78, 5) is 25.3. The quantitative estimate of drug-likeness (QED) is 0.682. The van der Waals surface area contributed by atoms with E-state index >= 15 is 0 Å². The summed E-state index contributed by atoms with van der Waals surface area (Å²) < 4.78 is 10.8. The van der Waals surface area contributed by atoms with Crippen LogP contribution in [0.15, 0.2) is 29.1 Å². The third-order valence-corrected chi connectivity index (χ3v) is 4.11. The first kappa shape index (κ1) is 10.1. The molecule has 0 radical (unpaired) electrons.